The van der Waals surface area contributed by atoms with Crippen LogP contribution in [0.5, 0.6) is 0 Å². The Morgan fingerprint density at radius 3 is 3.04 bits per heavy atom. The average molecular weight is 348 g/mol. The molecule has 0 spiro atoms. The van der Waals surface area contributed by atoms with Gasteiger partial charge >= 0.3 is 0 Å². The molecular weight excluding hydrogens is 332 g/mol. The number of nitrogens with zero attached hydrogens (tertiary/aromatic N) is 3. The number of hydrogen-bond donors (Lipinski definition) is 1. The summed E-state index contributed by atoms with van der Waals surface area (Å²) < 4.78 is 5.17. The molecule has 3 heterocycles. The van der Waals surface area contributed by atoms with Crippen molar-refractivity contribution < 1.29 is 9.32 Å². The Morgan fingerprint density at radius 2 is 2.35 bits per heavy atom. The third-order valence-corrected chi connectivity index (χ3v) is 5.28. The molecule has 2 aromatic heterocycles. The Morgan fingerprint density at radius 1 is 1.48 bits per heavy atom. The van der Waals surface area contributed by atoms with E-state index in [1.807, 2.05) is 13.8 Å². The van der Waals surface area contributed by atoms with E-state index in [0.29, 0.717) is 21.5 Å². The summed E-state index contributed by atoms with van der Waals surface area (Å²) in [5.41, 5.74) is 2.47. The third-order valence-electron chi connectivity index (χ3n) is 3.36. The molecule has 0 radical (unpaired) electrons. The van der Waals surface area contributed by atoms with Gasteiger partial charge in [-0.25, -0.2) is 4.98 Å². The molecule has 6 nitrogen and oxygen atoms in total. The molecule has 1 aliphatic rings. The summed E-state index contributed by atoms with van der Waals surface area (Å²) >= 11 is 3.06. The lowest BCUT2D eigenvalue weighted by Crippen LogP contribution is -2.28. The quantitative estimate of drug-likeness (QED) is 0.856. The van der Waals surface area contributed by atoms with Crippen molar-refractivity contribution in [2.45, 2.75) is 24.6 Å². The molecule has 1 amide bonds. The molecule has 0 atom stereocenters. The molecule has 23 heavy (non-hydrogen) atoms. The molecule has 0 fully saturated rings. The van der Waals surface area contributed by atoms with Gasteiger partial charge in [-0.1, -0.05) is 16.9 Å². The molecule has 1 aliphatic heterocycles. The van der Waals surface area contributed by atoms with Crippen molar-refractivity contribution >= 4 is 34.6 Å². The second-order valence-electron chi connectivity index (χ2n) is 4.94. The van der Waals surface area contributed by atoms with Crippen LogP contribution in [-0.2, 0) is 5.75 Å². The van der Waals surface area contributed by atoms with Gasteiger partial charge in [0.05, 0.1) is 17.8 Å². The second-order valence-corrected chi connectivity index (χ2v) is 6.98. The third kappa shape index (κ3) is 3.76. The Labute approximate surface area is 142 Å². The Kier molecular flexibility index (Phi) is 5.02. The summed E-state index contributed by atoms with van der Waals surface area (Å²) in [7, 11) is 0. The second kappa shape index (κ2) is 7.18. The minimum atomic E-state index is -0.174. The monoisotopic (exact) mass is 348 g/mol. The zero-order chi connectivity index (χ0) is 16.2. The van der Waals surface area contributed by atoms with Crippen LogP contribution >= 0.6 is 23.5 Å². The number of hydrogen-bond acceptors (Lipinski definition) is 7. The average Bonchev–Trinajstić information content (AvgIpc) is 3.16. The maximum absolute atomic E-state index is 12.4. The van der Waals surface area contributed by atoms with Crippen molar-refractivity contribution in [3.63, 3.8) is 0 Å². The van der Waals surface area contributed by atoms with Gasteiger partial charge in [-0.15, -0.1) is 11.8 Å². The fraction of sp³-hybridized carbons (Fsp3) is 0.333. The van der Waals surface area contributed by atoms with Crippen molar-refractivity contribution in [2.24, 2.45) is 4.99 Å². The number of carbonyl (C=O) groups is 1. The van der Waals surface area contributed by atoms with Crippen molar-refractivity contribution in [3.8, 4) is 0 Å². The van der Waals surface area contributed by atoms with Crippen molar-refractivity contribution in [1.29, 1.82) is 0 Å². The highest BCUT2D eigenvalue weighted by Crippen LogP contribution is 2.27. The van der Waals surface area contributed by atoms with Crippen molar-refractivity contribution in [1.82, 2.24) is 15.5 Å². The number of carbonyl (C=O) groups excluding carboxylic acids is 1. The molecule has 0 saturated carbocycles. The SMILES string of the molecule is Cc1noc(C)c1CSc1ncccc1C(=O)NC1=NCCS1. The summed E-state index contributed by atoms with van der Waals surface area (Å²) in [6.07, 6.45) is 1.69. The lowest BCUT2D eigenvalue weighted by atomic mass is 10.2. The summed E-state index contributed by atoms with van der Waals surface area (Å²) in [6, 6.07) is 3.54. The predicted octanol–water partition coefficient (Wildman–Crippen LogP) is 2.81. The van der Waals surface area contributed by atoms with Crippen LogP contribution in [0.3, 0.4) is 0 Å². The minimum absolute atomic E-state index is 0.174. The van der Waals surface area contributed by atoms with Crippen LogP contribution in [0, 0.1) is 13.8 Å². The first-order valence-corrected chi connectivity index (χ1v) is 9.10. The van der Waals surface area contributed by atoms with E-state index in [1.165, 1.54) is 11.8 Å². The summed E-state index contributed by atoms with van der Waals surface area (Å²) in [4.78, 5) is 21.0. The van der Waals surface area contributed by atoms with Gasteiger partial charge in [-0.3, -0.25) is 9.79 Å². The number of nitrogens with one attached hydrogen (secondary N) is 1. The number of amides is 1. The van der Waals surface area contributed by atoms with E-state index < -0.39 is 0 Å². The number of amidine groups is 1. The van der Waals surface area contributed by atoms with E-state index in [2.05, 4.69) is 20.4 Å². The molecule has 0 saturated heterocycles. The molecule has 0 aliphatic carbocycles. The molecule has 8 heteroatoms. The summed E-state index contributed by atoms with van der Waals surface area (Å²) in [5.74, 6) is 2.20. The van der Waals surface area contributed by atoms with Crippen LogP contribution in [0.2, 0.25) is 0 Å². The molecule has 1 N–H and O–H groups in total. The Bertz CT molecular complexity index is 738. The lowest BCUT2D eigenvalue weighted by Gasteiger charge is -2.08. The number of aliphatic imine (C=N–C) groups is 1. The van der Waals surface area contributed by atoms with E-state index in [0.717, 1.165) is 29.3 Å². The first kappa shape index (κ1) is 16.1. The first-order chi connectivity index (χ1) is 11.1. The molecule has 120 valence electrons. The van der Waals surface area contributed by atoms with E-state index in [9.17, 15) is 4.79 Å². The van der Waals surface area contributed by atoms with Gasteiger partial charge in [0.15, 0.2) is 5.17 Å². The van der Waals surface area contributed by atoms with Crippen molar-refractivity contribution in [2.75, 3.05) is 12.3 Å². The van der Waals surface area contributed by atoms with E-state index in [1.54, 1.807) is 30.1 Å². The number of rotatable bonds is 4. The first-order valence-electron chi connectivity index (χ1n) is 7.13. The topological polar surface area (TPSA) is 80.4 Å². The zero-order valence-corrected chi connectivity index (χ0v) is 14.5. The molecular formula is C15H16N4O2S2. The maximum atomic E-state index is 12.4. The molecule has 0 unspecified atom stereocenters. The van der Waals surface area contributed by atoms with Crippen LogP contribution in [-0.4, -0.2) is 33.5 Å². The van der Waals surface area contributed by atoms with Gasteiger partial charge < -0.3 is 9.84 Å². The Balaban J connectivity index is 1.74. The fourth-order valence-corrected chi connectivity index (χ4v) is 3.97. The number of aryl methyl sites for hydroxylation is 2. The lowest BCUT2D eigenvalue weighted by molar-refractivity contribution is 0.0974. The van der Waals surface area contributed by atoms with E-state index in [4.69, 9.17) is 4.52 Å². The molecule has 0 bridgehead atoms. The molecule has 0 aromatic carbocycles. The fourth-order valence-electron chi connectivity index (χ4n) is 2.10. The highest BCUT2D eigenvalue weighted by molar-refractivity contribution is 8.14. The highest BCUT2D eigenvalue weighted by atomic mass is 32.2. The number of thioether (sulfide) groups is 2. The largest absolute Gasteiger partial charge is 0.361 e. The minimum Gasteiger partial charge on any atom is -0.361 e. The number of pyridine rings is 1. The van der Waals surface area contributed by atoms with E-state index in [-0.39, 0.29) is 5.91 Å². The van der Waals surface area contributed by atoms with Gasteiger partial charge in [0.1, 0.15) is 10.8 Å². The van der Waals surface area contributed by atoms with Crippen LogP contribution < -0.4 is 5.32 Å². The normalized spacial score (nSPS) is 13.9. The van der Waals surface area contributed by atoms with Gasteiger partial charge in [0.2, 0.25) is 0 Å². The smallest absolute Gasteiger partial charge is 0.259 e. The molecule has 3 rings (SSSR count). The summed E-state index contributed by atoms with van der Waals surface area (Å²) in [5, 5.41) is 8.16. The van der Waals surface area contributed by atoms with Crippen molar-refractivity contribution in [3.05, 3.63) is 40.9 Å². The van der Waals surface area contributed by atoms with Crippen LogP contribution in [0.4, 0.5) is 0 Å². The Hall–Kier alpha value is -1.80. The van der Waals surface area contributed by atoms with Gasteiger partial charge in [0.25, 0.3) is 5.91 Å². The van der Waals surface area contributed by atoms with Gasteiger partial charge in [-0.05, 0) is 26.0 Å². The number of aromatic nitrogens is 2. The summed E-state index contributed by atoms with van der Waals surface area (Å²) in [6.45, 7) is 4.55. The van der Waals surface area contributed by atoms with Gasteiger partial charge in [-0.2, -0.15) is 0 Å². The van der Waals surface area contributed by atoms with Crippen LogP contribution in [0.25, 0.3) is 0 Å². The predicted molar refractivity (Wildman–Crippen MR) is 92.0 cm³/mol. The van der Waals surface area contributed by atoms with E-state index >= 15 is 0 Å². The molecule has 2 aromatic rings. The van der Waals surface area contributed by atoms with Crippen LogP contribution in [0.15, 0.2) is 32.9 Å². The van der Waals surface area contributed by atoms with Gasteiger partial charge in [0, 0.05) is 23.3 Å². The maximum Gasteiger partial charge on any atom is 0.259 e. The zero-order valence-electron chi connectivity index (χ0n) is 12.8. The highest BCUT2D eigenvalue weighted by Gasteiger charge is 2.18. The van der Waals surface area contributed by atoms with Crippen LogP contribution in [0.1, 0.15) is 27.4 Å². The standard InChI is InChI=1S/C15H16N4O2S2/c1-9-12(10(2)21-19-9)8-23-14-11(4-3-5-16-14)13(20)18-15-17-6-7-22-15/h3-5H,6-8H2,1-2H3,(H,17,18,20).